The van der Waals surface area contributed by atoms with Crippen LogP contribution in [0.5, 0.6) is 0 Å². The van der Waals surface area contributed by atoms with Crippen LogP contribution in [-0.2, 0) is 0 Å². The molecule has 1 saturated heterocycles. The molecule has 0 aromatic carbocycles. The average Bonchev–Trinajstić information content (AvgIpc) is 2.87. The van der Waals surface area contributed by atoms with E-state index in [4.69, 9.17) is 9.52 Å². The topological polar surface area (TPSA) is 53.7 Å². The fourth-order valence-corrected chi connectivity index (χ4v) is 2.40. The van der Waals surface area contributed by atoms with Gasteiger partial charge < -0.3 is 14.4 Å². The Hall–Kier alpha value is -0.940. The number of rotatable bonds is 3. The second-order valence-corrected chi connectivity index (χ2v) is 5.05. The van der Waals surface area contributed by atoms with E-state index in [0.717, 1.165) is 17.9 Å². The van der Waals surface area contributed by atoms with Crippen LogP contribution in [0.3, 0.4) is 0 Å². The molecular formula is C12H17NO3S. The Morgan fingerprint density at radius 1 is 1.53 bits per heavy atom. The molecule has 1 aliphatic rings. The standard InChI is InChI=1S/C12H17NO3S/c1-17-11-3-2-10(16-11)12(15)13-6-4-9(8-14)5-7-13/h2-3,9,14H,4-8H2,1H3. The van der Waals surface area contributed by atoms with Crippen LogP contribution >= 0.6 is 11.8 Å². The number of carbonyl (C=O) groups is 1. The third kappa shape index (κ3) is 2.84. The molecule has 0 saturated carbocycles. The number of amides is 1. The van der Waals surface area contributed by atoms with Crippen LogP contribution in [0.15, 0.2) is 21.6 Å². The number of aliphatic hydroxyl groups is 1. The van der Waals surface area contributed by atoms with Crippen LogP contribution < -0.4 is 0 Å². The molecule has 2 rings (SSSR count). The fraction of sp³-hybridized carbons (Fsp3) is 0.583. The second kappa shape index (κ2) is 5.60. The summed E-state index contributed by atoms with van der Waals surface area (Å²) in [5.41, 5.74) is 0. The zero-order valence-corrected chi connectivity index (χ0v) is 10.7. The normalized spacial score (nSPS) is 17.4. The number of carbonyl (C=O) groups excluding carboxylic acids is 1. The van der Waals surface area contributed by atoms with Crippen molar-refractivity contribution in [1.82, 2.24) is 4.90 Å². The molecule has 5 heteroatoms. The average molecular weight is 255 g/mol. The van der Waals surface area contributed by atoms with Gasteiger partial charge in [-0.15, -0.1) is 0 Å². The number of furan rings is 1. The van der Waals surface area contributed by atoms with Crippen molar-refractivity contribution >= 4 is 17.7 Å². The Bertz CT molecular complexity index is 383. The van der Waals surface area contributed by atoms with Crippen LogP contribution in [0.1, 0.15) is 23.4 Å². The number of thioether (sulfide) groups is 1. The molecule has 0 aliphatic carbocycles. The Kier molecular flexibility index (Phi) is 4.12. The van der Waals surface area contributed by atoms with Gasteiger partial charge in [0.1, 0.15) is 0 Å². The van der Waals surface area contributed by atoms with Crippen molar-refractivity contribution < 1.29 is 14.3 Å². The summed E-state index contributed by atoms with van der Waals surface area (Å²) in [5.74, 6) is 0.718. The van der Waals surface area contributed by atoms with Gasteiger partial charge in [-0.3, -0.25) is 4.79 Å². The van der Waals surface area contributed by atoms with E-state index < -0.39 is 0 Å². The smallest absolute Gasteiger partial charge is 0.289 e. The third-order valence-electron chi connectivity index (χ3n) is 3.15. The molecule has 2 heterocycles. The number of likely N-dealkylation sites (tertiary alicyclic amines) is 1. The van der Waals surface area contributed by atoms with E-state index >= 15 is 0 Å². The first-order chi connectivity index (χ1) is 8.24. The van der Waals surface area contributed by atoms with Gasteiger partial charge >= 0.3 is 0 Å². The highest BCUT2D eigenvalue weighted by atomic mass is 32.2. The van der Waals surface area contributed by atoms with Crippen LogP contribution in [0.2, 0.25) is 0 Å². The van der Waals surface area contributed by atoms with Gasteiger partial charge in [-0.2, -0.15) is 0 Å². The molecule has 4 nitrogen and oxygen atoms in total. The Labute approximate surface area is 105 Å². The quantitative estimate of drug-likeness (QED) is 0.837. The van der Waals surface area contributed by atoms with E-state index in [2.05, 4.69) is 0 Å². The highest BCUT2D eigenvalue weighted by Crippen LogP contribution is 2.22. The Morgan fingerprint density at radius 3 is 2.76 bits per heavy atom. The first-order valence-electron chi connectivity index (χ1n) is 5.78. The molecule has 94 valence electrons. The van der Waals surface area contributed by atoms with Crippen molar-refractivity contribution in [2.45, 2.75) is 17.9 Å². The summed E-state index contributed by atoms with van der Waals surface area (Å²) >= 11 is 1.49. The molecule has 0 unspecified atom stereocenters. The highest BCUT2D eigenvalue weighted by Gasteiger charge is 2.24. The molecular weight excluding hydrogens is 238 g/mol. The summed E-state index contributed by atoms with van der Waals surface area (Å²) in [4.78, 5) is 13.9. The maximum Gasteiger partial charge on any atom is 0.289 e. The molecule has 1 aliphatic heterocycles. The summed E-state index contributed by atoms with van der Waals surface area (Å²) in [6.45, 7) is 1.64. The summed E-state index contributed by atoms with van der Waals surface area (Å²) in [7, 11) is 0. The summed E-state index contributed by atoms with van der Waals surface area (Å²) < 4.78 is 5.42. The minimum atomic E-state index is -0.0401. The molecule has 1 aromatic heterocycles. The van der Waals surface area contributed by atoms with E-state index in [1.54, 1.807) is 11.0 Å². The van der Waals surface area contributed by atoms with Crippen LogP contribution in [-0.4, -0.2) is 41.9 Å². The molecule has 0 radical (unpaired) electrons. The van der Waals surface area contributed by atoms with E-state index in [9.17, 15) is 4.79 Å². The maximum atomic E-state index is 12.1. The first-order valence-corrected chi connectivity index (χ1v) is 7.01. The number of hydrogen-bond acceptors (Lipinski definition) is 4. The van der Waals surface area contributed by atoms with E-state index in [1.807, 2.05) is 12.3 Å². The highest BCUT2D eigenvalue weighted by molar-refractivity contribution is 7.98. The van der Waals surface area contributed by atoms with Gasteiger partial charge in [-0.05, 0) is 37.1 Å². The van der Waals surface area contributed by atoms with Gasteiger partial charge in [0, 0.05) is 19.7 Å². The van der Waals surface area contributed by atoms with Gasteiger partial charge in [-0.25, -0.2) is 0 Å². The summed E-state index contributed by atoms with van der Waals surface area (Å²) in [5, 5.41) is 9.81. The molecule has 0 spiro atoms. The zero-order valence-electron chi connectivity index (χ0n) is 9.89. The second-order valence-electron chi connectivity index (χ2n) is 4.24. The fourth-order valence-electron chi connectivity index (χ4n) is 2.02. The van der Waals surface area contributed by atoms with Gasteiger partial charge in [0.15, 0.2) is 10.9 Å². The lowest BCUT2D eigenvalue weighted by Gasteiger charge is -2.30. The van der Waals surface area contributed by atoms with Crippen molar-refractivity contribution in [2.24, 2.45) is 5.92 Å². The van der Waals surface area contributed by atoms with Crippen LogP contribution in [0, 0.1) is 5.92 Å². The van der Waals surface area contributed by atoms with E-state index in [1.165, 1.54) is 11.8 Å². The van der Waals surface area contributed by atoms with E-state index in [-0.39, 0.29) is 12.5 Å². The molecule has 17 heavy (non-hydrogen) atoms. The number of nitrogens with zero attached hydrogens (tertiary/aromatic N) is 1. The van der Waals surface area contributed by atoms with Crippen LogP contribution in [0.25, 0.3) is 0 Å². The SMILES string of the molecule is CSc1ccc(C(=O)N2CCC(CO)CC2)o1. The zero-order chi connectivity index (χ0) is 12.3. The lowest BCUT2D eigenvalue weighted by molar-refractivity contribution is 0.0615. The van der Waals surface area contributed by atoms with Crippen molar-refractivity contribution in [2.75, 3.05) is 26.0 Å². The van der Waals surface area contributed by atoms with E-state index in [0.29, 0.717) is 24.8 Å². The lowest BCUT2D eigenvalue weighted by Crippen LogP contribution is -2.39. The van der Waals surface area contributed by atoms with Gasteiger partial charge in [-0.1, -0.05) is 11.8 Å². The van der Waals surface area contributed by atoms with Crippen LogP contribution in [0.4, 0.5) is 0 Å². The minimum Gasteiger partial charge on any atom is -0.445 e. The maximum absolute atomic E-state index is 12.1. The Balaban J connectivity index is 1.96. The monoisotopic (exact) mass is 255 g/mol. The lowest BCUT2D eigenvalue weighted by atomic mass is 9.98. The van der Waals surface area contributed by atoms with Crippen molar-refractivity contribution in [3.63, 3.8) is 0 Å². The summed E-state index contributed by atoms with van der Waals surface area (Å²) in [6.07, 6.45) is 3.66. The number of aliphatic hydroxyl groups excluding tert-OH is 1. The predicted molar refractivity (Wildman–Crippen MR) is 66.2 cm³/mol. The predicted octanol–water partition coefficient (Wildman–Crippen LogP) is 1.85. The van der Waals surface area contributed by atoms with Crippen molar-refractivity contribution in [1.29, 1.82) is 0 Å². The molecule has 0 bridgehead atoms. The molecule has 1 aromatic rings. The van der Waals surface area contributed by atoms with Crippen molar-refractivity contribution in [3.05, 3.63) is 17.9 Å². The largest absolute Gasteiger partial charge is 0.445 e. The third-order valence-corrected chi connectivity index (χ3v) is 3.78. The van der Waals surface area contributed by atoms with Crippen molar-refractivity contribution in [3.8, 4) is 0 Å². The van der Waals surface area contributed by atoms with Gasteiger partial charge in [0.2, 0.25) is 0 Å². The first kappa shape index (κ1) is 12.5. The number of piperidine rings is 1. The van der Waals surface area contributed by atoms with Gasteiger partial charge in [0.05, 0.1) is 0 Å². The molecule has 1 amide bonds. The molecule has 1 N–H and O–H groups in total. The molecule has 0 atom stereocenters. The minimum absolute atomic E-state index is 0.0401. The summed E-state index contributed by atoms with van der Waals surface area (Å²) in [6, 6.07) is 3.55. The number of hydrogen-bond donors (Lipinski definition) is 1. The van der Waals surface area contributed by atoms with Gasteiger partial charge in [0.25, 0.3) is 5.91 Å². The Morgan fingerprint density at radius 2 is 2.24 bits per heavy atom. The molecule has 1 fully saturated rings.